The van der Waals surface area contributed by atoms with Crippen molar-refractivity contribution in [2.45, 2.75) is 27.2 Å². The number of carbonyl (C=O) groups is 1. The lowest BCUT2D eigenvalue weighted by molar-refractivity contribution is -0.115. The van der Waals surface area contributed by atoms with Crippen molar-refractivity contribution in [3.63, 3.8) is 0 Å². The lowest BCUT2D eigenvalue weighted by Crippen LogP contribution is -2.28. The molecule has 0 bridgehead atoms. The highest BCUT2D eigenvalue weighted by atomic mass is 16.1. The summed E-state index contributed by atoms with van der Waals surface area (Å²) in [4.78, 5) is 11.6. The molecule has 2 N–H and O–H groups in total. The number of amides is 1. The number of hydrogen-bond donors (Lipinski definition) is 2. The smallest absolute Gasteiger partial charge is 0.238 e. The second-order valence-corrected chi connectivity index (χ2v) is 4.04. The van der Waals surface area contributed by atoms with E-state index in [0.717, 1.165) is 24.2 Å². The standard InChI is InChI=1S/C13H20N2O/c1-4-7-14-9-13(16)15-12-6-5-10(2)8-11(12)3/h5-6,8,14H,4,7,9H2,1-3H3,(H,15,16). The second-order valence-electron chi connectivity index (χ2n) is 4.04. The molecule has 0 aromatic heterocycles. The van der Waals surface area contributed by atoms with Crippen molar-refractivity contribution in [2.75, 3.05) is 18.4 Å². The Balaban J connectivity index is 2.49. The molecule has 1 aromatic rings. The topological polar surface area (TPSA) is 41.1 Å². The number of carbonyl (C=O) groups excluding carboxylic acids is 1. The van der Waals surface area contributed by atoms with Gasteiger partial charge in [0.15, 0.2) is 0 Å². The van der Waals surface area contributed by atoms with Gasteiger partial charge in [-0.1, -0.05) is 24.6 Å². The van der Waals surface area contributed by atoms with Gasteiger partial charge in [-0.15, -0.1) is 0 Å². The molecule has 0 unspecified atom stereocenters. The van der Waals surface area contributed by atoms with E-state index in [9.17, 15) is 4.79 Å². The first-order valence-electron chi connectivity index (χ1n) is 5.71. The van der Waals surface area contributed by atoms with Gasteiger partial charge in [0, 0.05) is 5.69 Å². The van der Waals surface area contributed by atoms with Crippen molar-refractivity contribution in [1.29, 1.82) is 0 Å². The third-order valence-electron chi connectivity index (χ3n) is 2.37. The van der Waals surface area contributed by atoms with E-state index >= 15 is 0 Å². The fraction of sp³-hybridized carbons (Fsp3) is 0.462. The highest BCUT2D eigenvalue weighted by Crippen LogP contribution is 2.15. The lowest BCUT2D eigenvalue weighted by atomic mass is 10.1. The van der Waals surface area contributed by atoms with Crippen LogP contribution >= 0.6 is 0 Å². The largest absolute Gasteiger partial charge is 0.325 e. The molecular weight excluding hydrogens is 200 g/mol. The molecule has 3 heteroatoms. The fourth-order valence-electron chi connectivity index (χ4n) is 1.53. The van der Waals surface area contributed by atoms with Gasteiger partial charge in [-0.25, -0.2) is 0 Å². The van der Waals surface area contributed by atoms with Crippen LogP contribution in [-0.4, -0.2) is 19.0 Å². The molecule has 0 radical (unpaired) electrons. The number of anilines is 1. The first-order chi connectivity index (χ1) is 7.63. The molecule has 0 aliphatic rings. The van der Waals surface area contributed by atoms with Crippen LogP contribution in [0.3, 0.4) is 0 Å². The fourth-order valence-corrected chi connectivity index (χ4v) is 1.53. The van der Waals surface area contributed by atoms with Crippen molar-refractivity contribution in [3.8, 4) is 0 Å². The minimum Gasteiger partial charge on any atom is -0.325 e. The van der Waals surface area contributed by atoms with Crippen LogP contribution in [0.25, 0.3) is 0 Å². The summed E-state index contributed by atoms with van der Waals surface area (Å²) < 4.78 is 0. The third-order valence-corrected chi connectivity index (χ3v) is 2.37. The van der Waals surface area contributed by atoms with Crippen LogP contribution in [-0.2, 0) is 4.79 Å². The summed E-state index contributed by atoms with van der Waals surface area (Å²) in [6.07, 6.45) is 1.04. The summed E-state index contributed by atoms with van der Waals surface area (Å²) in [5.41, 5.74) is 3.21. The minimum atomic E-state index is 0.0143. The molecule has 0 saturated heterocycles. The number of rotatable bonds is 5. The van der Waals surface area contributed by atoms with Gasteiger partial charge in [0.25, 0.3) is 0 Å². The maximum absolute atomic E-state index is 11.6. The summed E-state index contributed by atoms with van der Waals surface area (Å²) in [7, 11) is 0. The monoisotopic (exact) mass is 220 g/mol. The number of benzene rings is 1. The summed E-state index contributed by atoms with van der Waals surface area (Å²) in [5.74, 6) is 0.0143. The molecule has 88 valence electrons. The zero-order chi connectivity index (χ0) is 12.0. The molecule has 0 fully saturated rings. The van der Waals surface area contributed by atoms with Crippen molar-refractivity contribution < 1.29 is 4.79 Å². The van der Waals surface area contributed by atoms with Crippen molar-refractivity contribution >= 4 is 11.6 Å². The van der Waals surface area contributed by atoms with Gasteiger partial charge in [-0.2, -0.15) is 0 Å². The Bertz CT molecular complexity index is 361. The predicted molar refractivity (Wildman–Crippen MR) is 67.7 cm³/mol. The molecule has 0 heterocycles. The molecule has 0 spiro atoms. The van der Waals surface area contributed by atoms with Crippen LogP contribution in [0, 0.1) is 13.8 Å². The van der Waals surface area contributed by atoms with Gasteiger partial charge >= 0.3 is 0 Å². The molecular formula is C13H20N2O. The molecule has 16 heavy (non-hydrogen) atoms. The first-order valence-corrected chi connectivity index (χ1v) is 5.71. The van der Waals surface area contributed by atoms with E-state index in [2.05, 4.69) is 23.6 Å². The highest BCUT2D eigenvalue weighted by molar-refractivity contribution is 5.92. The number of aryl methyl sites for hydroxylation is 2. The first kappa shape index (κ1) is 12.7. The lowest BCUT2D eigenvalue weighted by Gasteiger charge is -2.09. The molecule has 0 atom stereocenters. The van der Waals surface area contributed by atoms with Crippen LogP contribution < -0.4 is 10.6 Å². The highest BCUT2D eigenvalue weighted by Gasteiger charge is 2.03. The van der Waals surface area contributed by atoms with Crippen LogP contribution in [0.1, 0.15) is 24.5 Å². The van der Waals surface area contributed by atoms with Crippen molar-refractivity contribution in [2.24, 2.45) is 0 Å². The van der Waals surface area contributed by atoms with E-state index in [4.69, 9.17) is 0 Å². The number of nitrogens with one attached hydrogen (secondary N) is 2. The summed E-state index contributed by atoms with van der Waals surface area (Å²) in [5, 5.41) is 5.97. The van der Waals surface area contributed by atoms with Gasteiger partial charge in [0.2, 0.25) is 5.91 Å². The SMILES string of the molecule is CCCNCC(=O)Nc1ccc(C)cc1C. The maximum Gasteiger partial charge on any atom is 0.238 e. The average Bonchev–Trinajstić information content (AvgIpc) is 2.23. The van der Waals surface area contributed by atoms with Crippen LogP contribution in [0.2, 0.25) is 0 Å². The summed E-state index contributed by atoms with van der Waals surface area (Å²) in [6, 6.07) is 6.01. The predicted octanol–water partition coefficient (Wildman–Crippen LogP) is 2.24. The molecule has 1 rings (SSSR count). The van der Waals surface area contributed by atoms with Gasteiger partial charge in [-0.3, -0.25) is 4.79 Å². The molecule has 0 aliphatic carbocycles. The summed E-state index contributed by atoms with van der Waals surface area (Å²) >= 11 is 0. The Morgan fingerprint density at radius 3 is 2.69 bits per heavy atom. The van der Waals surface area contributed by atoms with Gasteiger partial charge in [-0.05, 0) is 38.4 Å². The maximum atomic E-state index is 11.6. The van der Waals surface area contributed by atoms with Gasteiger partial charge < -0.3 is 10.6 Å². The van der Waals surface area contributed by atoms with Crippen molar-refractivity contribution in [1.82, 2.24) is 5.32 Å². The summed E-state index contributed by atoms with van der Waals surface area (Å²) in [6.45, 7) is 7.37. The van der Waals surface area contributed by atoms with E-state index in [-0.39, 0.29) is 5.91 Å². The second kappa shape index (κ2) is 6.28. The van der Waals surface area contributed by atoms with E-state index in [1.54, 1.807) is 0 Å². The van der Waals surface area contributed by atoms with E-state index < -0.39 is 0 Å². The van der Waals surface area contributed by atoms with Crippen molar-refractivity contribution in [3.05, 3.63) is 29.3 Å². The van der Waals surface area contributed by atoms with E-state index in [1.807, 2.05) is 26.0 Å². The Labute approximate surface area is 97.2 Å². The number of hydrogen-bond acceptors (Lipinski definition) is 2. The normalized spacial score (nSPS) is 10.2. The van der Waals surface area contributed by atoms with E-state index in [1.165, 1.54) is 5.56 Å². The zero-order valence-corrected chi connectivity index (χ0v) is 10.3. The molecule has 3 nitrogen and oxygen atoms in total. The minimum absolute atomic E-state index is 0.0143. The quantitative estimate of drug-likeness (QED) is 0.747. The average molecular weight is 220 g/mol. The van der Waals surface area contributed by atoms with E-state index in [0.29, 0.717) is 6.54 Å². The van der Waals surface area contributed by atoms with Crippen LogP contribution in [0.5, 0.6) is 0 Å². The molecule has 0 aliphatic heterocycles. The van der Waals surface area contributed by atoms with Crippen LogP contribution in [0.15, 0.2) is 18.2 Å². The Morgan fingerprint density at radius 2 is 2.06 bits per heavy atom. The molecule has 1 amide bonds. The van der Waals surface area contributed by atoms with Crippen LogP contribution in [0.4, 0.5) is 5.69 Å². The zero-order valence-electron chi connectivity index (χ0n) is 10.3. The molecule has 0 saturated carbocycles. The molecule has 1 aromatic carbocycles. The van der Waals surface area contributed by atoms with Gasteiger partial charge in [0.05, 0.1) is 6.54 Å². The Kier molecular flexibility index (Phi) is 4.99. The third kappa shape index (κ3) is 4.03. The Morgan fingerprint density at radius 1 is 1.31 bits per heavy atom. The van der Waals surface area contributed by atoms with Gasteiger partial charge in [0.1, 0.15) is 0 Å². The Hall–Kier alpha value is -1.35.